The van der Waals surface area contributed by atoms with Crippen LogP contribution in [-0.2, 0) is 11.3 Å². The molecule has 0 unspecified atom stereocenters. The lowest BCUT2D eigenvalue weighted by atomic mass is 10.2. The highest BCUT2D eigenvalue weighted by Crippen LogP contribution is 2.20. The van der Waals surface area contributed by atoms with Crippen LogP contribution in [0.2, 0.25) is 0 Å². The van der Waals surface area contributed by atoms with Gasteiger partial charge < -0.3 is 19.5 Å². The van der Waals surface area contributed by atoms with Gasteiger partial charge in [0.1, 0.15) is 18.1 Å². The van der Waals surface area contributed by atoms with Crippen LogP contribution in [0.3, 0.4) is 0 Å². The molecule has 0 aliphatic rings. The number of unbranched alkanes of at least 4 members (excludes halogenated alkanes) is 4. The molecule has 0 aliphatic carbocycles. The van der Waals surface area contributed by atoms with Crippen LogP contribution in [0, 0.1) is 0 Å². The number of hydrogen-bond acceptors (Lipinski definition) is 4. The van der Waals surface area contributed by atoms with Gasteiger partial charge in [-0.3, -0.25) is 0 Å². The van der Waals surface area contributed by atoms with E-state index in [4.69, 9.17) is 14.2 Å². The van der Waals surface area contributed by atoms with Gasteiger partial charge in [0.25, 0.3) is 0 Å². The fourth-order valence-electron chi connectivity index (χ4n) is 2.90. The fourth-order valence-corrected chi connectivity index (χ4v) is 2.90. The summed E-state index contributed by atoms with van der Waals surface area (Å²) < 4.78 is 16.9. The predicted octanol–water partition coefficient (Wildman–Crippen LogP) is 6.06. The van der Waals surface area contributed by atoms with Crippen molar-refractivity contribution in [3.05, 3.63) is 54.1 Å². The summed E-state index contributed by atoms with van der Waals surface area (Å²) >= 11 is 0. The Balaban J connectivity index is 1.75. The molecule has 0 saturated carbocycles. The standard InChI is InChI=1S/C24H35NO3/c1-3-5-6-7-8-15-27-24-14-10-12-22(19-24)25-20-21-11-9-13-23(18-21)28-17-16-26-4-2/h9-14,18-19,25H,3-8,15-17,20H2,1-2H3. The van der Waals surface area contributed by atoms with Crippen molar-refractivity contribution in [2.24, 2.45) is 0 Å². The van der Waals surface area contributed by atoms with Crippen LogP contribution in [0.5, 0.6) is 11.5 Å². The molecule has 0 atom stereocenters. The Morgan fingerprint density at radius 2 is 1.50 bits per heavy atom. The summed E-state index contributed by atoms with van der Waals surface area (Å²) in [6.07, 6.45) is 6.26. The Labute approximate surface area is 170 Å². The van der Waals surface area contributed by atoms with E-state index in [1.165, 1.54) is 31.2 Å². The van der Waals surface area contributed by atoms with Crippen molar-refractivity contribution in [3.63, 3.8) is 0 Å². The van der Waals surface area contributed by atoms with E-state index in [2.05, 4.69) is 36.5 Å². The van der Waals surface area contributed by atoms with E-state index in [1.807, 2.05) is 31.2 Å². The average molecular weight is 386 g/mol. The van der Waals surface area contributed by atoms with Crippen LogP contribution in [0.15, 0.2) is 48.5 Å². The SMILES string of the molecule is CCCCCCCOc1cccc(NCc2cccc(OCCOCC)c2)c1. The Bertz CT molecular complexity index is 660. The number of nitrogens with one attached hydrogen (secondary N) is 1. The molecular weight excluding hydrogens is 350 g/mol. The second-order valence-corrected chi connectivity index (χ2v) is 6.84. The van der Waals surface area contributed by atoms with Crippen LogP contribution >= 0.6 is 0 Å². The first-order chi connectivity index (χ1) is 13.8. The molecule has 154 valence electrons. The number of benzene rings is 2. The first-order valence-corrected chi connectivity index (χ1v) is 10.6. The molecule has 28 heavy (non-hydrogen) atoms. The zero-order valence-electron chi connectivity index (χ0n) is 17.4. The van der Waals surface area contributed by atoms with Crippen molar-refractivity contribution >= 4 is 5.69 Å². The molecule has 0 spiro atoms. The van der Waals surface area contributed by atoms with E-state index in [0.29, 0.717) is 13.2 Å². The lowest BCUT2D eigenvalue weighted by Crippen LogP contribution is -2.06. The van der Waals surface area contributed by atoms with Gasteiger partial charge in [0.05, 0.1) is 13.2 Å². The van der Waals surface area contributed by atoms with Gasteiger partial charge in [0.2, 0.25) is 0 Å². The van der Waals surface area contributed by atoms with E-state index in [0.717, 1.165) is 43.4 Å². The van der Waals surface area contributed by atoms with Crippen LogP contribution in [0.1, 0.15) is 51.5 Å². The topological polar surface area (TPSA) is 39.7 Å². The quantitative estimate of drug-likeness (QED) is 0.378. The normalized spacial score (nSPS) is 10.6. The molecular formula is C24H35NO3. The highest BCUT2D eigenvalue weighted by Gasteiger charge is 2.00. The second-order valence-electron chi connectivity index (χ2n) is 6.84. The lowest BCUT2D eigenvalue weighted by Gasteiger charge is -2.11. The molecule has 0 saturated heterocycles. The number of hydrogen-bond donors (Lipinski definition) is 1. The average Bonchev–Trinajstić information content (AvgIpc) is 2.73. The van der Waals surface area contributed by atoms with Gasteiger partial charge in [-0.15, -0.1) is 0 Å². The van der Waals surface area contributed by atoms with Gasteiger partial charge in [-0.1, -0.05) is 50.8 Å². The van der Waals surface area contributed by atoms with Crippen molar-refractivity contribution in [2.75, 3.05) is 31.7 Å². The Hall–Kier alpha value is -2.20. The maximum Gasteiger partial charge on any atom is 0.121 e. The van der Waals surface area contributed by atoms with Gasteiger partial charge >= 0.3 is 0 Å². The summed E-state index contributed by atoms with van der Waals surface area (Å²) in [4.78, 5) is 0. The molecule has 0 aromatic heterocycles. The summed E-state index contributed by atoms with van der Waals surface area (Å²) in [5.74, 6) is 1.80. The third-order valence-electron chi connectivity index (χ3n) is 4.45. The second kappa shape index (κ2) is 13.9. The van der Waals surface area contributed by atoms with E-state index >= 15 is 0 Å². The number of ether oxygens (including phenoxy) is 3. The van der Waals surface area contributed by atoms with Gasteiger partial charge in [0, 0.05) is 24.9 Å². The highest BCUT2D eigenvalue weighted by atomic mass is 16.5. The van der Waals surface area contributed by atoms with E-state index in [-0.39, 0.29) is 0 Å². The summed E-state index contributed by atoms with van der Waals surface area (Å²) in [6.45, 7) is 7.65. The molecule has 0 radical (unpaired) electrons. The fraction of sp³-hybridized carbons (Fsp3) is 0.500. The Morgan fingerprint density at radius 1 is 0.750 bits per heavy atom. The number of anilines is 1. The maximum atomic E-state index is 5.89. The third kappa shape index (κ3) is 9.14. The first kappa shape index (κ1) is 22.1. The van der Waals surface area contributed by atoms with Gasteiger partial charge in [-0.05, 0) is 43.2 Å². The smallest absolute Gasteiger partial charge is 0.121 e. The molecule has 0 heterocycles. The summed E-state index contributed by atoms with van der Waals surface area (Å²) in [6, 6.07) is 16.3. The lowest BCUT2D eigenvalue weighted by molar-refractivity contribution is 0.110. The minimum Gasteiger partial charge on any atom is -0.494 e. The molecule has 0 bridgehead atoms. The van der Waals surface area contributed by atoms with Crippen molar-refractivity contribution < 1.29 is 14.2 Å². The monoisotopic (exact) mass is 385 g/mol. The molecule has 0 aliphatic heterocycles. The first-order valence-electron chi connectivity index (χ1n) is 10.6. The third-order valence-corrected chi connectivity index (χ3v) is 4.45. The highest BCUT2D eigenvalue weighted by molar-refractivity contribution is 5.48. The Kier molecular flexibility index (Phi) is 11.0. The summed E-state index contributed by atoms with van der Waals surface area (Å²) in [7, 11) is 0. The van der Waals surface area contributed by atoms with Crippen molar-refractivity contribution in [2.45, 2.75) is 52.5 Å². The zero-order chi connectivity index (χ0) is 19.9. The molecule has 1 N–H and O–H groups in total. The minimum absolute atomic E-state index is 0.572. The number of rotatable bonds is 15. The van der Waals surface area contributed by atoms with Gasteiger partial charge in [-0.2, -0.15) is 0 Å². The van der Waals surface area contributed by atoms with Crippen LogP contribution < -0.4 is 14.8 Å². The molecule has 0 amide bonds. The molecule has 0 fully saturated rings. The Morgan fingerprint density at radius 3 is 2.32 bits per heavy atom. The van der Waals surface area contributed by atoms with E-state index in [9.17, 15) is 0 Å². The van der Waals surface area contributed by atoms with Crippen LogP contribution in [0.4, 0.5) is 5.69 Å². The molecule has 2 aromatic carbocycles. The van der Waals surface area contributed by atoms with E-state index < -0.39 is 0 Å². The molecule has 2 aromatic rings. The van der Waals surface area contributed by atoms with Crippen LogP contribution in [0.25, 0.3) is 0 Å². The van der Waals surface area contributed by atoms with Crippen molar-refractivity contribution in [1.29, 1.82) is 0 Å². The summed E-state index contributed by atoms with van der Waals surface area (Å²) in [5.41, 5.74) is 2.24. The van der Waals surface area contributed by atoms with Crippen molar-refractivity contribution in [3.8, 4) is 11.5 Å². The van der Waals surface area contributed by atoms with Gasteiger partial charge in [0.15, 0.2) is 0 Å². The largest absolute Gasteiger partial charge is 0.494 e. The molecule has 4 heteroatoms. The maximum absolute atomic E-state index is 5.89. The molecule has 2 rings (SSSR count). The van der Waals surface area contributed by atoms with Gasteiger partial charge in [-0.25, -0.2) is 0 Å². The van der Waals surface area contributed by atoms with Crippen LogP contribution in [-0.4, -0.2) is 26.4 Å². The van der Waals surface area contributed by atoms with Crippen molar-refractivity contribution in [1.82, 2.24) is 0 Å². The molecule has 4 nitrogen and oxygen atoms in total. The zero-order valence-corrected chi connectivity index (χ0v) is 17.4. The van der Waals surface area contributed by atoms with E-state index in [1.54, 1.807) is 0 Å². The summed E-state index contributed by atoms with van der Waals surface area (Å²) in [5, 5.41) is 3.46. The predicted molar refractivity (Wildman–Crippen MR) is 116 cm³/mol. The minimum atomic E-state index is 0.572.